The number of rotatable bonds is 3. The Morgan fingerprint density at radius 1 is 1.11 bits per heavy atom. The topological polar surface area (TPSA) is 61.3 Å². The lowest BCUT2D eigenvalue weighted by molar-refractivity contribution is 0.287. The molecule has 0 spiro atoms. The van der Waals surface area contributed by atoms with Crippen molar-refractivity contribution < 1.29 is 13.5 Å². The van der Waals surface area contributed by atoms with E-state index in [4.69, 9.17) is 27.8 Å². The maximum atomic E-state index is 13.8. The summed E-state index contributed by atoms with van der Waals surface area (Å²) in [6, 6.07) is 7.31. The molecule has 0 amide bonds. The van der Waals surface area contributed by atoms with Crippen LogP contribution in [0.1, 0.15) is 5.56 Å². The van der Waals surface area contributed by atoms with Gasteiger partial charge in [-0.1, -0.05) is 29.8 Å². The zero-order valence-electron chi connectivity index (χ0n) is 9.79. The molecule has 0 aliphatic carbocycles. The minimum atomic E-state index is -0.851. The summed E-state index contributed by atoms with van der Waals surface area (Å²) >= 11 is 5.66. The molecule has 0 saturated heterocycles. The van der Waals surface area contributed by atoms with E-state index >= 15 is 0 Å². The first-order valence-corrected chi connectivity index (χ1v) is 5.77. The van der Waals surface area contributed by atoms with Gasteiger partial charge in [0.15, 0.2) is 11.6 Å². The molecule has 2 aromatic carbocycles. The number of hydrogen-bond acceptors (Lipinski definition) is 3. The molecule has 0 aliphatic rings. The van der Waals surface area contributed by atoms with Gasteiger partial charge in [-0.05, 0) is 12.1 Å². The van der Waals surface area contributed by atoms with Crippen LogP contribution < -0.4 is 16.2 Å². The Kier molecular flexibility index (Phi) is 3.76. The molecule has 2 aromatic rings. The number of nitrogen functional groups attached to an aromatic ring is 2. The molecule has 0 unspecified atom stereocenters. The van der Waals surface area contributed by atoms with Crippen molar-refractivity contribution in [3.63, 3.8) is 0 Å². The average Bonchev–Trinajstić information content (AvgIpc) is 2.38. The van der Waals surface area contributed by atoms with Gasteiger partial charge < -0.3 is 16.2 Å². The summed E-state index contributed by atoms with van der Waals surface area (Å²) in [5, 5.41) is -0.266. The van der Waals surface area contributed by atoms with Crippen LogP contribution in [0.4, 0.5) is 20.2 Å². The zero-order valence-corrected chi connectivity index (χ0v) is 10.5. The van der Waals surface area contributed by atoms with Crippen LogP contribution >= 0.6 is 11.6 Å². The fraction of sp³-hybridized carbons (Fsp3) is 0.0769. The molecule has 0 bridgehead atoms. The Morgan fingerprint density at radius 2 is 1.79 bits per heavy atom. The van der Waals surface area contributed by atoms with Crippen molar-refractivity contribution in [2.75, 3.05) is 11.5 Å². The lowest BCUT2D eigenvalue weighted by Gasteiger charge is -2.12. The number of halogens is 3. The molecule has 0 radical (unpaired) electrons. The summed E-state index contributed by atoms with van der Waals surface area (Å²) in [5.41, 5.74) is 11.4. The minimum Gasteiger partial charge on any atom is -0.483 e. The predicted octanol–water partition coefficient (Wildman–Crippen LogP) is 3.36. The molecule has 3 nitrogen and oxygen atoms in total. The highest BCUT2D eigenvalue weighted by molar-refractivity contribution is 6.33. The van der Waals surface area contributed by atoms with Crippen molar-refractivity contribution in [3.8, 4) is 5.75 Å². The highest BCUT2D eigenvalue weighted by atomic mass is 35.5. The van der Waals surface area contributed by atoms with Crippen LogP contribution in [0.3, 0.4) is 0 Å². The van der Waals surface area contributed by atoms with Crippen LogP contribution in [0.25, 0.3) is 0 Å². The van der Waals surface area contributed by atoms with Gasteiger partial charge in [-0.2, -0.15) is 0 Å². The molecule has 6 heteroatoms. The highest BCUT2D eigenvalue weighted by Crippen LogP contribution is 2.35. The summed E-state index contributed by atoms with van der Waals surface area (Å²) < 4.78 is 32.4. The summed E-state index contributed by atoms with van der Waals surface area (Å²) in [4.78, 5) is 0. The fourth-order valence-electron chi connectivity index (χ4n) is 1.56. The van der Waals surface area contributed by atoms with Crippen LogP contribution in [0, 0.1) is 11.6 Å². The second-order valence-corrected chi connectivity index (χ2v) is 4.27. The molecule has 19 heavy (non-hydrogen) atoms. The van der Waals surface area contributed by atoms with E-state index in [1.165, 1.54) is 18.2 Å². The van der Waals surface area contributed by atoms with Crippen molar-refractivity contribution in [1.29, 1.82) is 0 Å². The third-order valence-electron chi connectivity index (χ3n) is 2.55. The van der Waals surface area contributed by atoms with E-state index in [9.17, 15) is 8.78 Å². The molecule has 0 heterocycles. The number of ether oxygens (including phenoxy) is 1. The standard InChI is InChI=1S/C13H11ClF2N2O/c14-11-9(17)5-10(18)13(12(11)16)19-6-7-3-1-2-4-8(7)15/h1-5H,6,17-18H2. The third-order valence-corrected chi connectivity index (χ3v) is 2.93. The van der Waals surface area contributed by atoms with Crippen molar-refractivity contribution in [2.24, 2.45) is 0 Å². The van der Waals surface area contributed by atoms with E-state index in [0.717, 1.165) is 0 Å². The van der Waals surface area contributed by atoms with E-state index in [-0.39, 0.29) is 34.3 Å². The van der Waals surface area contributed by atoms with Crippen molar-refractivity contribution >= 4 is 23.0 Å². The molecule has 0 fully saturated rings. The first-order chi connectivity index (χ1) is 9.00. The van der Waals surface area contributed by atoms with Gasteiger partial charge in [-0.25, -0.2) is 8.78 Å². The Bertz CT molecular complexity index is 620. The molecule has 0 aliphatic heterocycles. The van der Waals surface area contributed by atoms with Gasteiger partial charge >= 0.3 is 0 Å². The molecule has 100 valence electrons. The summed E-state index contributed by atoms with van der Waals surface area (Å²) in [6.45, 7) is -0.159. The summed E-state index contributed by atoms with van der Waals surface area (Å²) in [5.74, 6) is -1.53. The quantitative estimate of drug-likeness (QED) is 0.850. The van der Waals surface area contributed by atoms with Gasteiger partial charge in [-0.3, -0.25) is 0 Å². The van der Waals surface area contributed by atoms with Gasteiger partial charge in [0.05, 0.1) is 11.4 Å². The van der Waals surface area contributed by atoms with E-state index < -0.39 is 11.6 Å². The van der Waals surface area contributed by atoms with Gasteiger partial charge in [-0.15, -0.1) is 0 Å². The Hall–Kier alpha value is -2.01. The maximum absolute atomic E-state index is 13.8. The SMILES string of the molecule is Nc1cc(N)c(OCc2ccccc2F)c(F)c1Cl. The third kappa shape index (κ3) is 2.71. The van der Waals surface area contributed by atoms with Crippen LogP contribution in [0.2, 0.25) is 5.02 Å². The van der Waals surface area contributed by atoms with Crippen LogP contribution in [-0.2, 0) is 6.61 Å². The van der Waals surface area contributed by atoms with Crippen molar-refractivity contribution in [3.05, 3.63) is 52.6 Å². The second-order valence-electron chi connectivity index (χ2n) is 3.89. The van der Waals surface area contributed by atoms with Crippen molar-refractivity contribution in [1.82, 2.24) is 0 Å². The Labute approximate surface area is 113 Å². The van der Waals surface area contributed by atoms with E-state index in [1.54, 1.807) is 12.1 Å². The fourth-order valence-corrected chi connectivity index (χ4v) is 1.70. The number of benzene rings is 2. The number of hydrogen-bond donors (Lipinski definition) is 2. The summed E-state index contributed by atoms with van der Waals surface area (Å²) in [6.07, 6.45) is 0. The van der Waals surface area contributed by atoms with E-state index in [1.807, 2.05) is 0 Å². The van der Waals surface area contributed by atoms with Crippen LogP contribution in [0.15, 0.2) is 30.3 Å². The van der Waals surface area contributed by atoms with E-state index in [2.05, 4.69) is 0 Å². The molecule has 0 saturated carbocycles. The Balaban J connectivity index is 2.26. The minimum absolute atomic E-state index is 0.00994. The van der Waals surface area contributed by atoms with Gasteiger partial charge in [0.1, 0.15) is 17.4 Å². The lowest BCUT2D eigenvalue weighted by Crippen LogP contribution is -2.04. The maximum Gasteiger partial charge on any atom is 0.187 e. The largest absolute Gasteiger partial charge is 0.483 e. The lowest BCUT2D eigenvalue weighted by atomic mass is 10.2. The smallest absolute Gasteiger partial charge is 0.187 e. The second kappa shape index (κ2) is 5.32. The van der Waals surface area contributed by atoms with Crippen molar-refractivity contribution in [2.45, 2.75) is 6.61 Å². The molecule has 0 aromatic heterocycles. The van der Waals surface area contributed by atoms with Crippen LogP contribution in [-0.4, -0.2) is 0 Å². The van der Waals surface area contributed by atoms with E-state index in [0.29, 0.717) is 0 Å². The predicted molar refractivity (Wildman–Crippen MR) is 71.0 cm³/mol. The number of anilines is 2. The molecular formula is C13H11ClF2N2O. The van der Waals surface area contributed by atoms with Gasteiger partial charge in [0, 0.05) is 5.56 Å². The van der Waals surface area contributed by atoms with Gasteiger partial charge in [0.2, 0.25) is 0 Å². The average molecular weight is 285 g/mol. The highest BCUT2D eigenvalue weighted by Gasteiger charge is 2.16. The number of nitrogens with two attached hydrogens (primary N) is 2. The first-order valence-electron chi connectivity index (χ1n) is 5.40. The Morgan fingerprint density at radius 3 is 2.47 bits per heavy atom. The summed E-state index contributed by atoms with van der Waals surface area (Å²) in [7, 11) is 0. The molecule has 2 rings (SSSR count). The normalized spacial score (nSPS) is 10.5. The monoisotopic (exact) mass is 284 g/mol. The van der Waals surface area contributed by atoms with Crippen LogP contribution in [0.5, 0.6) is 5.75 Å². The molecular weight excluding hydrogens is 274 g/mol. The first kappa shape index (κ1) is 13.4. The van der Waals surface area contributed by atoms with Gasteiger partial charge in [0.25, 0.3) is 0 Å². The molecule has 0 atom stereocenters. The molecule has 4 N–H and O–H groups in total. The zero-order chi connectivity index (χ0) is 14.0.